The average molecular weight is 428 g/mol. The first kappa shape index (κ1) is 19.8. The molecule has 0 fully saturated rings. The SMILES string of the molecule is CCn1ncc(-n2c(-c3ccc(Cn4nc(C)c([N+](=O)[O-])c4C)o3)n[nH]c2=S)c1C. The van der Waals surface area contributed by atoms with E-state index in [4.69, 9.17) is 16.6 Å². The lowest BCUT2D eigenvalue weighted by atomic mass is 10.3. The lowest BCUT2D eigenvalue weighted by Crippen LogP contribution is -2.03. The van der Waals surface area contributed by atoms with Crippen LogP contribution in [-0.2, 0) is 13.1 Å². The molecule has 0 aliphatic rings. The zero-order chi connectivity index (χ0) is 21.6. The number of aromatic amines is 1. The number of rotatable bonds is 6. The first-order valence-electron chi connectivity index (χ1n) is 9.29. The van der Waals surface area contributed by atoms with Gasteiger partial charge in [-0.25, -0.2) is 0 Å². The topological polar surface area (TPSA) is 126 Å². The number of nitrogens with zero attached hydrogens (tertiary/aromatic N) is 7. The van der Waals surface area contributed by atoms with Crippen LogP contribution in [0.4, 0.5) is 5.69 Å². The van der Waals surface area contributed by atoms with Crippen molar-refractivity contribution in [2.75, 3.05) is 0 Å². The standard InChI is InChI=1S/C18H20N8O3S/c1-5-23-11(3)14(8-19-23)25-17(20-21-18(25)30)15-7-6-13(29-15)9-24-12(4)16(26(27)28)10(2)22-24/h6-8H,5,9H2,1-4H3,(H,21,30). The molecule has 0 amide bonds. The van der Waals surface area contributed by atoms with E-state index >= 15 is 0 Å². The molecule has 0 atom stereocenters. The first-order valence-corrected chi connectivity index (χ1v) is 9.70. The summed E-state index contributed by atoms with van der Waals surface area (Å²) in [6.45, 7) is 8.27. The molecule has 30 heavy (non-hydrogen) atoms. The Balaban J connectivity index is 1.69. The van der Waals surface area contributed by atoms with Gasteiger partial charge in [-0.2, -0.15) is 15.3 Å². The Hall–Kier alpha value is -3.54. The van der Waals surface area contributed by atoms with Crippen LogP contribution in [0.3, 0.4) is 0 Å². The number of nitro groups is 1. The van der Waals surface area contributed by atoms with Crippen molar-refractivity contribution < 1.29 is 9.34 Å². The summed E-state index contributed by atoms with van der Waals surface area (Å²) in [6.07, 6.45) is 1.74. The summed E-state index contributed by atoms with van der Waals surface area (Å²) in [4.78, 5) is 10.8. The molecular weight excluding hydrogens is 408 g/mol. The van der Waals surface area contributed by atoms with E-state index < -0.39 is 4.92 Å². The van der Waals surface area contributed by atoms with Crippen molar-refractivity contribution in [1.29, 1.82) is 0 Å². The highest BCUT2D eigenvalue weighted by atomic mass is 32.1. The zero-order valence-corrected chi connectivity index (χ0v) is 17.7. The summed E-state index contributed by atoms with van der Waals surface area (Å²) in [7, 11) is 0. The smallest absolute Gasteiger partial charge is 0.312 e. The quantitative estimate of drug-likeness (QED) is 0.283. The molecular formula is C18H20N8O3S. The molecule has 0 bridgehead atoms. The molecule has 156 valence electrons. The van der Waals surface area contributed by atoms with Gasteiger partial charge in [0.1, 0.15) is 17.1 Å². The summed E-state index contributed by atoms with van der Waals surface area (Å²) in [5.41, 5.74) is 2.64. The molecule has 0 radical (unpaired) electrons. The van der Waals surface area contributed by atoms with Crippen molar-refractivity contribution in [1.82, 2.24) is 34.3 Å². The van der Waals surface area contributed by atoms with E-state index in [-0.39, 0.29) is 12.2 Å². The van der Waals surface area contributed by atoms with E-state index in [1.54, 1.807) is 41.4 Å². The van der Waals surface area contributed by atoms with E-state index in [1.165, 1.54) is 0 Å². The second kappa shape index (κ2) is 7.37. The van der Waals surface area contributed by atoms with Gasteiger partial charge in [0.15, 0.2) is 10.5 Å². The second-order valence-electron chi connectivity index (χ2n) is 6.82. The average Bonchev–Trinajstić information content (AvgIpc) is 3.43. The van der Waals surface area contributed by atoms with Gasteiger partial charge in [0.2, 0.25) is 5.82 Å². The van der Waals surface area contributed by atoms with E-state index in [1.807, 2.05) is 18.5 Å². The van der Waals surface area contributed by atoms with Crippen LogP contribution >= 0.6 is 12.2 Å². The van der Waals surface area contributed by atoms with Crippen molar-refractivity contribution in [2.24, 2.45) is 0 Å². The van der Waals surface area contributed by atoms with Crippen LogP contribution in [0, 0.1) is 35.7 Å². The van der Waals surface area contributed by atoms with Crippen LogP contribution in [0.5, 0.6) is 0 Å². The van der Waals surface area contributed by atoms with Crippen LogP contribution in [0.15, 0.2) is 22.7 Å². The first-order chi connectivity index (χ1) is 14.3. The lowest BCUT2D eigenvalue weighted by Gasteiger charge is -2.05. The highest BCUT2D eigenvalue weighted by Crippen LogP contribution is 2.27. The molecule has 12 heteroatoms. The van der Waals surface area contributed by atoms with Gasteiger partial charge in [-0.15, -0.1) is 0 Å². The van der Waals surface area contributed by atoms with Gasteiger partial charge in [0.25, 0.3) is 0 Å². The Bertz CT molecular complexity index is 1310. The summed E-state index contributed by atoms with van der Waals surface area (Å²) in [5.74, 6) is 1.62. The maximum Gasteiger partial charge on any atom is 0.312 e. The van der Waals surface area contributed by atoms with E-state index in [2.05, 4.69) is 20.4 Å². The number of nitrogens with one attached hydrogen (secondary N) is 1. The van der Waals surface area contributed by atoms with Gasteiger partial charge < -0.3 is 4.42 Å². The molecule has 4 aromatic rings. The van der Waals surface area contributed by atoms with Gasteiger partial charge in [0.05, 0.1) is 29.0 Å². The molecule has 0 aromatic carbocycles. The van der Waals surface area contributed by atoms with Gasteiger partial charge >= 0.3 is 5.69 Å². The molecule has 0 aliphatic carbocycles. The van der Waals surface area contributed by atoms with Crippen molar-refractivity contribution >= 4 is 17.9 Å². The normalized spacial score (nSPS) is 11.3. The van der Waals surface area contributed by atoms with Crippen molar-refractivity contribution in [2.45, 2.75) is 40.8 Å². The lowest BCUT2D eigenvalue weighted by molar-refractivity contribution is -0.386. The van der Waals surface area contributed by atoms with Crippen molar-refractivity contribution in [3.8, 4) is 17.3 Å². The number of hydrogen-bond donors (Lipinski definition) is 1. The van der Waals surface area contributed by atoms with Gasteiger partial charge in [-0.1, -0.05) is 0 Å². The van der Waals surface area contributed by atoms with E-state index in [9.17, 15) is 10.1 Å². The van der Waals surface area contributed by atoms with Gasteiger partial charge in [0, 0.05) is 6.54 Å². The van der Waals surface area contributed by atoms with Crippen LogP contribution in [0.25, 0.3) is 17.3 Å². The van der Waals surface area contributed by atoms with E-state index in [0.29, 0.717) is 33.5 Å². The minimum absolute atomic E-state index is 0.0195. The molecule has 0 spiro atoms. The monoisotopic (exact) mass is 428 g/mol. The predicted octanol–water partition coefficient (Wildman–Crippen LogP) is 3.48. The maximum atomic E-state index is 11.2. The molecule has 0 saturated carbocycles. The fourth-order valence-electron chi connectivity index (χ4n) is 3.50. The summed E-state index contributed by atoms with van der Waals surface area (Å²) in [6, 6.07) is 3.58. The van der Waals surface area contributed by atoms with Crippen molar-refractivity contribution in [3.05, 3.63) is 56.1 Å². The third-order valence-electron chi connectivity index (χ3n) is 5.00. The number of aromatic nitrogens is 7. The summed E-state index contributed by atoms with van der Waals surface area (Å²) < 4.78 is 11.6. The fraction of sp³-hybridized carbons (Fsp3) is 0.333. The largest absolute Gasteiger partial charge is 0.456 e. The number of aryl methyl sites for hydroxylation is 2. The van der Waals surface area contributed by atoms with Crippen LogP contribution in [0.2, 0.25) is 0 Å². The number of H-pyrrole nitrogens is 1. The van der Waals surface area contributed by atoms with Gasteiger partial charge in [-0.05, 0) is 52.0 Å². The van der Waals surface area contributed by atoms with Crippen LogP contribution in [-0.4, -0.2) is 39.2 Å². The highest BCUT2D eigenvalue weighted by Gasteiger charge is 2.23. The molecule has 4 aromatic heterocycles. The molecule has 1 N–H and O–H groups in total. The Labute approximate surface area is 176 Å². The number of hydrogen-bond acceptors (Lipinski definition) is 7. The third kappa shape index (κ3) is 3.14. The zero-order valence-electron chi connectivity index (χ0n) is 16.9. The summed E-state index contributed by atoms with van der Waals surface area (Å²) in [5, 5.41) is 27.0. The minimum atomic E-state index is -0.418. The van der Waals surface area contributed by atoms with E-state index in [0.717, 1.165) is 17.9 Å². The Morgan fingerprint density at radius 1 is 1.23 bits per heavy atom. The summed E-state index contributed by atoms with van der Waals surface area (Å²) >= 11 is 5.42. The molecule has 11 nitrogen and oxygen atoms in total. The maximum absolute atomic E-state index is 11.2. The van der Waals surface area contributed by atoms with Crippen LogP contribution in [0.1, 0.15) is 29.8 Å². The van der Waals surface area contributed by atoms with Crippen LogP contribution < -0.4 is 0 Å². The second-order valence-corrected chi connectivity index (χ2v) is 7.21. The minimum Gasteiger partial charge on any atom is -0.456 e. The third-order valence-corrected chi connectivity index (χ3v) is 5.28. The molecule has 4 rings (SSSR count). The highest BCUT2D eigenvalue weighted by molar-refractivity contribution is 7.71. The Morgan fingerprint density at radius 3 is 2.63 bits per heavy atom. The van der Waals surface area contributed by atoms with Gasteiger partial charge in [-0.3, -0.25) is 29.1 Å². The molecule has 0 saturated heterocycles. The Kier molecular flexibility index (Phi) is 4.86. The molecule has 0 unspecified atom stereocenters. The van der Waals surface area contributed by atoms with Crippen molar-refractivity contribution in [3.63, 3.8) is 0 Å². The Morgan fingerprint density at radius 2 is 2.00 bits per heavy atom. The predicted molar refractivity (Wildman–Crippen MR) is 110 cm³/mol. The molecule has 0 aliphatic heterocycles. The molecule has 4 heterocycles. The fourth-order valence-corrected chi connectivity index (χ4v) is 3.73. The number of furan rings is 1.